The molecule has 0 aliphatic carbocycles. The predicted molar refractivity (Wildman–Crippen MR) is 37.8 cm³/mol. The van der Waals surface area contributed by atoms with Crippen LogP contribution in [-0.2, 0) is 4.79 Å². The topological polar surface area (TPSA) is 49.3 Å². The maximum absolute atomic E-state index is 10.4. The second kappa shape index (κ2) is 3.01. The van der Waals surface area contributed by atoms with E-state index in [0.717, 1.165) is 19.4 Å². The first-order valence-corrected chi connectivity index (χ1v) is 3.66. The molecule has 1 aliphatic rings. The van der Waals surface area contributed by atoms with Crippen LogP contribution < -0.4 is 5.32 Å². The summed E-state index contributed by atoms with van der Waals surface area (Å²) in [5, 5.41) is 11.5. The van der Waals surface area contributed by atoms with Crippen molar-refractivity contribution in [3.63, 3.8) is 0 Å². The Labute approximate surface area is 60.4 Å². The third kappa shape index (κ3) is 1.70. The number of nitrogens with one attached hydrogen (secondary N) is 1. The summed E-state index contributed by atoms with van der Waals surface area (Å²) in [7, 11) is 0. The number of carboxylic acid groups (broad SMARTS) is 1. The van der Waals surface area contributed by atoms with Crippen molar-refractivity contribution in [2.75, 3.05) is 6.54 Å². The quantitative estimate of drug-likeness (QED) is 0.560. The van der Waals surface area contributed by atoms with Gasteiger partial charge in [0.1, 0.15) is 6.04 Å². The van der Waals surface area contributed by atoms with E-state index in [2.05, 4.69) is 12.2 Å². The minimum Gasteiger partial charge on any atom is -0.480 e. The largest absolute Gasteiger partial charge is 0.480 e. The maximum Gasteiger partial charge on any atom is 0.320 e. The lowest BCUT2D eigenvalue weighted by atomic mass is 9.94. The molecule has 0 aromatic carbocycles. The first-order chi connectivity index (χ1) is 4.70. The molecule has 58 valence electrons. The lowest BCUT2D eigenvalue weighted by Gasteiger charge is -2.24. The van der Waals surface area contributed by atoms with Crippen LogP contribution in [0.2, 0.25) is 0 Å². The van der Waals surface area contributed by atoms with Crippen molar-refractivity contribution in [1.82, 2.24) is 5.32 Å². The molecule has 1 fully saturated rings. The summed E-state index contributed by atoms with van der Waals surface area (Å²) in [6.07, 6.45) is 1.87. The molecular formula is C7H13NO2. The molecule has 10 heavy (non-hydrogen) atoms. The number of hydrogen-bond acceptors (Lipinski definition) is 2. The van der Waals surface area contributed by atoms with Crippen LogP contribution in [0.3, 0.4) is 0 Å². The van der Waals surface area contributed by atoms with Crippen molar-refractivity contribution in [2.24, 2.45) is 5.92 Å². The summed E-state index contributed by atoms with van der Waals surface area (Å²) in [4.78, 5) is 10.4. The zero-order chi connectivity index (χ0) is 7.56. The molecule has 0 aromatic rings. The molecule has 1 heterocycles. The molecule has 0 aromatic heterocycles. The third-order valence-corrected chi connectivity index (χ3v) is 1.96. The van der Waals surface area contributed by atoms with Crippen LogP contribution >= 0.6 is 0 Å². The van der Waals surface area contributed by atoms with Crippen molar-refractivity contribution in [2.45, 2.75) is 25.8 Å². The molecule has 1 rings (SSSR count). The first kappa shape index (κ1) is 7.54. The van der Waals surface area contributed by atoms with Gasteiger partial charge in [0.05, 0.1) is 0 Å². The Bertz CT molecular complexity index is 136. The Morgan fingerprint density at radius 2 is 2.40 bits per heavy atom. The van der Waals surface area contributed by atoms with Gasteiger partial charge in [-0.3, -0.25) is 4.79 Å². The molecule has 0 radical (unpaired) electrons. The fourth-order valence-electron chi connectivity index (χ4n) is 1.30. The van der Waals surface area contributed by atoms with Gasteiger partial charge in [0.15, 0.2) is 0 Å². The number of carboxylic acids is 1. The summed E-state index contributed by atoms with van der Waals surface area (Å²) in [6.45, 7) is 2.94. The predicted octanol–water partition coefficient (Wildman–Crippen LogP) is 0.459. The standard InChI is InChI=1S/C7H13NO2/c1-5-2-3-8-6(4-5)7(9)10/h5-6,8H,2-4H2,1H3,(H,9,10)/t5?,6-/m0/s1. The Kier molecular flexibility index (Phi) is 2.27. The van der Waals surface area contributed by atoms with Crippen LogP contribution in [0.5, 0.6) is 0 Å². The monoisotopic (exact) mass is 143 g/mol. The molecule has 0 spiro atoms. The minimum atomic E-state index is -0.716. The van der Waals surface area contributed by atoms with Crippen molar-refractivity contribution in [1.29, 1.82) is 0 Å². The van der Waals surface area contributed by atoms with Gasteiger partial charge in [-0.15, -0.1) is 0 Å². The fourth-order valence-corrected chi connectivity index (χ4v) is 1.30. The van der Waals surface area contributed by atoms with Crippen LogP contribution in [0.25, 0.3) is 0 Å². The van der Waals surface area contributed by atoms with E-state index in [1.807, 2.05) is 0 Å². The SMILES string of the molecule is CC1CCN[C@H](C(=O)O)C1. The van der Waals surface area contributed by atoms with Crippen molar-refractivity contribution in [3.05, 3.63) is 0 Å². The van der Waals surface area contributed by atoms with E-state index in [4.69, 9.17) is 5.11 Å². The summed E-state index contributed by atoms with van der Waals surface area (Å²) in [5.41, 5.74) is 0. The van der Waals surface area contributed by atoms with Crippen LogP contribution in [0.15, 0.2) is 0 Å². The lowest BCUT2D eigenvalue weighted by molar-refractivity contribution is -0.140. The fraction of sp³-hybridized carbons (Fsp3) is 0.857. The van der Waals surface area contributed by atoms with Gasteiger partial charge in [0, 0.05) is 0 Å². The number of hydrogen-bond donors (Lipinski definition) is 2. The smallest absolute Gasteiger partial charge is 0.320 e. The van der Waals surface area contributed by atoms with Gasteiger partial charge in [-0.1, -0.05) is 6.92 Å². The van der Waals surface area contributed by atoms with Crippen LogP contribution in [0.4, 0.5) is 0 Å². The van der Waals surface area contributed by atoms with Gasteiger partial charge in [0.25, 0.3) is 0 Å². The molecule has 0 saturated carbocycles. The summed E-state index contributed by atoms with van der Waals surface area (Å²) < 4.78 is 0. The molecule has 2 atom stereocenters. The number of piperidine rings is 1. The van der Waals surface area contributed by atoms with Gasteiger partial charge < -0.3 is 10.4 Å². The highest BCUT2D eigenvalue weighted by atomic mass is 16.4. The molecule has 1 aliphatic heterocycles. The Hall–Kier alpha value is -0.570. The summed E-state index contributed by atoms with van der Waals surface area (Å²) in [5.74, 6) is -0.158. The van der Waals surface area contributed by atoms with E-state index in [1.165, 1.54) is 0 Å². The maximum atomic E-state index is 10.4. The average Bonchev–Trinajstić information content (AvgIpc) is 1.88. The molecule has 0 bridgehead atoms. The molecule has 0 amide bonds. The highest BCUT2D eigenvalue weighted by molar-refractivity contribution is 5.73. The molecule has 1 saturated heterocycles. The molecule has 2 N–H and O–H groups in total. The van der Waals surface area contributed by atoms with E-state index in [-0.39, 0.29) is 6.04 Å². The molecule has 3 nitrogen and oxygen atoms in total. The number of rotatable bonds is 1. The highest BCUT2D eigenvalue weighted by Crippen LogP contribution is 2.14. The van der Waals surface area contributed by atoms with E-state index < -0.39 is 5.97 Å². The Morgan fingerprint density at radius 1 is 1.70 bits per heavy atom. The minimum absolute atomic E-state index is 0.302. The van der Waals surface area contributed by atoms with Crippen LogP contribution in [-0.4, -0.2) is 23.7 Å². The zero-order valence-electron chi connectivity index (χ0n) is 6.13. The van der Waals surface area contributed by atoms with Crippen molar-refractivity contribution >= 4 is 5.97 Å². The van der Waals surface area contributed by atoms with Gasteiger partial charge in [-0.2, -0.15) is 0 Å². The van der Waals surface area contributed by atoms with Crippen molar-refractivity contribution < 1.29 is 9.90 Å². The Balaban J connectivity index is 2.39. The number of aliphatic carboxylic acids is 1. The van der Waals surface area contributed by atoms with Gasteiger partial charge in [0.2, 0.25) is 0 Å². The van der Waals surface area contributed by atoms with E-state index in [0.29, 0.717) is 5.92 Å². The van der Waals surface area contributed by atoms with Crippen LogP contribution in [0.1, 0.15) is 19.8 Å². The second-order valence-corrected chi connectivity index (χ2v) is 2.97. The Morgan fingerprint density at radius 3 is 2.80 bits per heavy atom. The average molecular weight is 143 g/mol. The normalized spacial score (nSPS) is 33.7. The second-order valence-electron chi connectivity index (χ2n) is 2.97. The summed E-state index contributed by atoms with van der Waals surface area (Å²) >= 11 is 0. The molecule has 1 unspecified atom stereocenters. The van der Waals surface area contributed by atoms with E-state index >= 15 is 0 Å². The third-order valence-electron chi connectivity index (χ3n) is 1.96. The molecular weight excluding hydrogens is 130 g/mol. The van der Waals surface area contributed by atoms with Gasteiger partial charge >= 0.3 is 5.97 Å². The van der Waals surface area contributed by atoms with E-state index in [9.17, 15) is 4.79 Å². The highest BCUT2D eigenvalue weighted by Gasteiger charge is 2.23. The first-order valence-electron chi connectivity index (χ1n) is 3.66. The van der Waals surface area contributed by atoms with Gasteiger partial charge in [-0.05, 0) is 25.3 Å². The van der Waals surface area contributed by atoms with Crippen LogP contribution in [0, 0.1) is 5.92 Å². The van der Waals surface area contributed by atoms with Gasteiger partial charge in [-0.25, -0.2) is 0 Å². The van der Waals surface area contributed by atoms with Crippen molar-refractivity contribution in [3.8, 4) is 0 Å². The van der Waals surface area contributed by atoms with E-state index in [1.54, 1.807) is 0 Å². The molecule has 3 heteroatoms. The number of carbonyl (C=O) groups is 1. The zero-order valence-corrected chi connectivity index (χ0v) is 6.13. The lowest BCUT2D eigenvalue weighted by Crippen LogP contribution is -2.42. The summed E-state index contributed by atoms with van der Waals surface area (Å²) in [6, 6.07) is -0.302.